The van der Waals surface area contributed by atoms with E-state index in [9.17, 15) is 8.42 Å². The smallest absolute Gasteiger partial charge is 0.262 e. The molecular formula is C11H13NO3S. The van der Waals surface area contributed by atoms with Crippen molar-refractivity contribution in [3.8, 4) is 5.75 Å². The molecule has 4 nitrogen and oxygen atoms in total. The van der Waals surface area contributed by atoms with Crippen molar-refractivity contribution in [2.75, 3.05) is 7.11 Å². The molecule has 0 amide bonds. The molecule has 0 bridgehead atoms. The monoisotopic (exact) mass is 239 g/mol. The van der Waals surface area contributed by atoms with E-state index in [4.69, 9.17) is 4.74 Å². The molecule has 16 heavy (non-hydrogen) atoms. The zero-order chi connectivity index (χ0) is 11.9. The Kier molecular flexibility index (Phi) is 2.42. The molecule has 86 valence electrons. The van der Waals surface area contributed by atoms with Crippen molar-refractivity contribution in [3.63, 3.8) is 0 Å². The zero-order valence-electron chi connectivity index (χ0n) is 9.37. The molecule has 1 heterocycles. The summed E-state index contributed by atoms with van der Waals surface area (Å²) in [4.78, 5) is 0.341. The molecular weight excluding hydrogens is 226 g/mol. The van der Waals surface area contributed by atoms with Crippen molar-refractivity contribution in [1.29, 1.82) is 0 Å². The third-order valence-corrected chi connectivity index (χ3v) is 4.12. The average molecular weight is 239 g/mol. The Balaban J connectivity index is 2.81. The van der Waals surface area contributed by atoms with Crippen LogP contribution in [0.5, 0.6) is 5.75 Å². The van der Waals surface area contributed by atoms with Crippen LogP contribution in [0, 0.1) is 6.92 Å². The lowest BCUT2D eigenvalue weighted by Crippen LogP contribution is -2.24. The van der Waals surface area contributed by atoms with Crippen LogP contribution < -0.4 is 9.46 Å². The van der Waals surface area contributed by atoms with Crippen molar-refractivity contribution in [2.24, 2.45) is 0 Å². The maximum absolute atomic E-state index is 11.8. The Morgan fingerprint density at radius 3 is 2.56 bits per heavy atom. The van der Waals surface area contributed by atoms with E-state index in [-0.39, 0.29) is 0 Å². The van der Waals surface area contributed by atoms with Crippen molar-refractivity contribution in [3.05, 3.63) is 29.5 Å². The molecule has 1 N–H and O–H groups in total. The van der Waals surface area contributed by atoms with E-state index >= 15 is 0 Å². The Hall–Kier alpha value is -1.49. The van der Waals surface area contributed by atoms with Gasteiger partial charge in [0.1, 0.15) is 5.75 Å². The van der Waals surface area contributed by atoms with Gasteiger partial charge in [-0.05, 0) is 37.1 Å². The molecule has 0 saturated heterocycles. The second kappa shape index (κ2) is 3.52. The first kappa shape index (κ1) is 11.0. The fourth-order valence-electron chi connectivity index (χ4n) is 1.81. The van der Waals surface area contributed by atoms with Gasteiger partial charge in [0.2, 0.25) is 0 Å². The maximum atomic E-state index is 11.8. The first-order valence-corrected chi connectivity index (χ1v) is 6.32. The van der Waals surface area contributed by atoms with Crippen molar-refractivity contribution >= 4 is 15.6 Å². The highest BCUT2D eigenvalue weighted by Gasteiger charge is 2.25. The lowest BCUT2D eigenvalue weighted by atomic mass is 10.0. The number of hydrogen-bond acceptors (Lipinski definition) is 3. The van der Waals surface area contributed by atoms with Crippen molar-refractivity contribution in [2.45, 2.75) is 18.7 Å². The van der Waals surface area contributed by atoms with Gasteiger partial charge in [-0.2, -0.15) is 0 Å². The molecule has 0 fully saturated rings. The molecule has 0 radical (unpaired) electrons. The Morgan fingerprint density at radius 2 is 1.94 bits per heavy atom. The first-order chi connectivity index (χ1) is 7.45. The summed E-state index contributed by atoms with van der Waals surface area (Å²) in [6, 6.07) is 3.46. The van der Waals surface area contributed by atoms with E-state index in [0.29, 0.717) is 21.8 Å². The summed E-state index contributed by atoms with van der Waals surface area (Å²) in [6.07, 6.45) is 1.50. The Labute approximate surface area is 95.0 Å². The van der Waals surface area contributed by atoms with E-state index in [1.807, 2.05) is 6.92 Å². The van der Waals surface area contributed by atoms with Crippen molar-refractivity contribution in [1.82, 2.24) is 4.72 Å². The van der Waals surface area contributed by atoms with Gasteiger partial charge in [0.25, 0.3) is 10.0 Å². The van der Waals surface area contributed by atoms with E-state index in [1.54, 1.807) is 26.2 Å². The van der Waals surface area contributed by atoms with E-state index in [0.717, 1.165) is 5.57 Å². The second-order valence-electron chi connectivity index (χ2n) is 3.77. The van der Waals surface area contributed by atoms with Gasteiger partial charge in [-0.3, -0.25) is 4.72 Å². The number of nitrogens with one attached hydrogen (secondary N) is 1. The standard InChI is InChI=1S/C11H13NO3S/c1-7-4-9(15-3)5-10-8(2)6-12-16(13,14)11(7)10/h4-6,12H,1-3H3. The van der Waals surface area contributed by atoms with E-state index in [1.165, 1.54) is 6.20 Å². The molecule has 1 aromatic rings. The topological polar surface area (TPSA) is 55.4 Å². The molecule has 0 unspecified atom stereocenters. The second-order valence-corrected chi connectivity index (χ2v) is 5.42. The highest BCUT2D eigenvalue weighted by atomic mass is 32.2. The molecule has 0 saturated carbocycles. The number of aryl methyl sites for hydroxylation is 1. The molecule has 0 aliphatic carbocycles. The van der Waals surface area contributed by atoms with Gasteiger partial charge >= 0.3 is 0 Å². The highest BCUT2D eigenvalue weighted by molar-refractivity contribution is 7.89. The number of allylic oxidation sites excluding steroid dienone is 1. The molecule has 0 spiro atoms. The molecule has 5 heteroatoms. The van der Waals surface area contributed by atoms with Crippen LogP contribution in [0.2, 0.25) is 0 Å². The van der Waals surface area contributed by atoms with Crippen LogP contribution in [-0.4, -0.2) is 15.5 Å². The van der Waals surface area contributed by atoms with Crippen LogP contribution in [0.4, 0.5) is 0 Å². The summed E-state index contributed by atoms with van der Waals surface area (Å²) in [6.45, 7) is 3.62. The highest BCUT2D eigenvalue weighted by Crippen LogP contribution is 2.33. The minimum Gasteiger partial charge on any atom is -0.497 e. The largest absolute Gasteiger partial charge is 0.497 e. The molecule has 2 rings (SSSR count). The number of benzene rings is 1. The fourth-order valence-corrected chi connectivity index (χ4v) is 3.25. The van der Waals surface area contributed by atoms with E-state index in [2.05, 4.69) is 4.72 Å². The Bertz CT molecular complexity index is 573. The lowest BCUT2D eigenvalue weighted by Gasteiger charge is -2.19. The summed E-state index contributed by atoms with van der Waals surface area (Å²) in [5, 5.41) is 0. The molecule has 0 atom stereocenters. The third-order valence-electron chi connectivity index (χ3n) is 2.61. The van der Waals surface area contributed by atoms with Crippen LogP contribution in [0.25, 0.3) is 5.57 Å². The minimum absolute atomic E-state index is 0.341. The van der Waals surface area contributed by atoms with Crippen molar-refractivity contribution < 1.29 is 13.2 Å². The number of rotatable bonds is 1. The molecule has 0 aromatic heterocycles. The SMILES string of the molecule is COc1cc(C)c2c(c1)C(C)=CNS2(=O)=O. The van der Waals surface area contributed by atoms with Crippen LogP contribution >= 0.6 is 0 Å². The third kappa shape index (κ3) is 1.57. The van der Waals surface area contributed by atoms with E-state index < -0.39 is 10.0 Å². The van der Waals surface area contributed by atoms with Crippen LogP contribution in [0.15, 0.2) is 23.2 Å². The number of methoxy groups -OCH3 is 1. The van der Waals surface area contributed by atoms with Gasteiger partial charge in [0, 0.05) is 11.8 Å². The van der Waals surface area contributed by atoms with Gasteiger partial charge in [0.05, 0.1) is 12.0 Å². The van der Waals surface area contributed by atoms with Gasteiger partial charge in [-0.25, -0.2) is 8.42 Å². The van der Waals surface area contributed by atoms with Crippen LogP contribution in [-0.2, 0) is 10.0 Å². The van der Waals surface area contributed by atoms with Gasteiger partial charge in [-0.15, -0.1) is 0 Å². The minimum atomic E-state index is -3.41. The summed E-state index contributed by atoms with van der Waals surface area (Å²) < 4.78 is 31.2. The number of hydrogen-bond donors (Lipinski definition) is 1. The summed E-state index contributed by atoms with van der Waals surface area (Å²) >= 11 is 0. The fraction of sp³-hybridized carbons (Fsp3) is 0.273. The predicted molar refractivity (Wildman–Crippen MR) is 61.7 cm³/mol. The van der Waals surface area contributed by atoms with Gasteiger partial charge < -0.3 is 4.74 Å². The normalized spacial score (nSPS) is 17.1. The summed E-state index contributed by atoms with van der Waals surface area (Å²) in [5.74, 6) is 0.668. The first-order valence-electron chi connectivity index (χ1n) is 4.84. The number of ether oxygens (including phenoxy) is 1. The van der Waals surface area contributed by atoms with Gasteiger partial charge in [-0.1, -0.05) is 0 Å². The summed E-state index contributed by atoms with van der Waals surface area (Å²) in [5.41, 5.74) is 2.27. The molecule has 1 aliphatic rings. The van der Waals surface area contributed by atoms with Crippen LogP contribution in [0.3, 0.4) is 0 Å². The predicted octanol–water partition coefficient (Wildman–Crippen LogP) is 1.66. The number of sulfonamides is 1. The lowest BCUT2D eigenvalue weighted by molar-refractivity contribution is 0.414. The van der Waals surface area contributed by atoms with Gasteiger partial charge in [0.15, 0.2) is 0 Å². The quantitative estimate of drug-likeness (QED) is 0.810. The molecule has 1 aliphatic heterocycles. The zero-order valence-corrected chi connectivity index (χ0v) is 10.2. The maximum Gasteiger partial charge on any atom is 0.262 e. The average Bonchev–Trinajstić information content (AvgIpc) is 2.23. The summed E-state index contributed by atoms with van der Waals surface area (Å²) in [7, 11) is -1.85. The molecule has 1 aromatic carbocycles. The Morgan fingerprint density at radius 1 is 1.25 bits per heavy atom. The number of fused-ring (bicyclic) bond motifs is 1. The van der Waals surface area contributed by atoms with Crippen LogP contribution in [0.1, 0.15) is 18.1 Å².